The molecule has 0 aliphatic carbocycles. The third-order valence-corrected chi connectivity index (χ3v) is 4.73. The van der Waals surface area contributed by atoms with Crippen molar-refractivity contribution in [2.45, 2.75) is 13.5 Å². The van der Waals surface area contributed by atoms with Crippen LogP contribution in [0.2, 0.25) is 0 Å². The Morgan fingerprint density at radius 2 is 1.71 bits per heavy atom. The highest BCUT2D eigenvalue weighted by Gasteiger charge is 2.13. The number of benzene rings is 3. The first-order valence-electron chi connectivity index (χ1n) is 9.82. The van der Waals surface area contributed by atoms with Crippen LogP contribution in [0.15, 0.2) is 83.3 Å². The molecule has 1 amide bonds. The molecule has 1 N–H and O–H groups in total. The van der Waals surface area contributed by atoms with Gasteiger partial charge in [0.1, 0.15) is 29.6 Å². The van der Waals surface area contributed by atoms with Crippen LogP contribution in [0.1, 0.15) is 21.8 Å². The maximum Gasteiger partial charge on any atom is 0.255 e. The minimum atomic E-state index is -0.208. The molecule has 3 aromatic carbocycles. The van der Waals surface area contributed by atoms with Gasteiger partial charge in [-0.05, 0) is 55.5 Å². The Hall–Kier alpha value is -4.06. The SMILES string of the molecule is COc1cccc(NC(=O)c2ccc(-c3nc(COc4ccccc4)c(C)o3)cc2)c1. The summed E-state index contributed by atoms with van der Waals surface area (Å²) in [5.74, 6) is 2.44. The van der Waals surface area contributed by atoms with Gasteiger partial charge < -0.3 is 19.2 Å². The van der Waals surface area contributed by atoms with E-state index in [0.29, 0.717) is 35.3 Å². The molecule has 6 nitrogen and oxygen atoms in total. The van der Waals surface area contributed by atoms with Crippen LogP contribution in [0.25, 0.3) is 11.5 Å². The number of para-hydroxylation sites is 1. The molecule has 0 aliphatic heterocycles. The number of carbonyl (C=O) groups is 1. The van der Waals surface area contributed by atoms with Gasteiger partial charge in [-0.1, -0.05) is 24.3 Å². The second-order valence-corrected chi connectivity index (χ2v) is 6.89. The second-order valence-electron chi connectivity index (χ2n) is 6.89. The zero-order valence-electron chi connectivity index (χ0n) is 17.3. The van der Waals surface area contributed by atoms with Crippen LogP contribution in [0, 0.1) is 6.92 Å². The Balaban J connectivity index is 1.43. The highest BCUT2D eigenvalue weighted by Crippen LogP contribution is 2.24. The van der Waals surface area contributed by atoms with Crippen LogP contribution < -0.4 is 14.8 Å². The fourth-order valence-corrected chi connectivity index (χ4v) is 3.02. The van der Waals surface area contributed by atoms with Crippen LogP contribution in [0.3, 0.4) is 0 Å². The largest absolute Gasteiger partial charge is 0.497 e. The number of rotatable bonds is 7. The Bertz CT molecular complexity index is 1170. The standard InChI is InChI=1S/C25H22N2O4/c1-17-23(16-30-21-8-4-3-5-9-21)27-25(31-17)19-13-11-18(12-14-19)24(28)26-20-7-6-10-22(15-20)29-2/h3-15H,16H2,1-2H3,(H,26,28). The molecular formula is C25H22N2O4. The molecule has 1 heterocycles. The molecule has 1 aromatic heterocycles. The molecule has 0 radical (unpaired) electrons. The van der Waals surface area contributed by atoms with Crippen molar-refractivity contribution in [3.63, 3.8) is 0 Å². The van der Waals surface area contributed by atoms with Crippen molar-refractivity contribution in [1.29, 1.82) is 0 Å². The lowest BCUT2D eigenvalue weighted by atomic mass is 10.1. The van der Waals surface area contributed by atoms with Crippen molar-refractivity contribution >= 4 is 11.6 Å². The summed E-state index contributed by atoms with van der Waals surface area (Å²) in [5, 5.41) is 2.86. The highest BCUT2D eigenvalue weighted by atomic mass is 16.5. The summed E-state index contributed by atoms with van der Waals surface area (Å²) < 4.78 is 16.7. The molecule has 156 valence electrons. The number of hydrogen-bond donors (Lipinski definition) is 1. The normalized spacial score (nSPS) is 10.5. The number of amides is 1. The summed E-state index contributed by atoms with van der Waals surface area (Å²) >= 11 is 0. The van der Waals surface area contributed by atoms with Gasteiger partial charge in [-0.15, -0.1) is 0 Å². The molecule has 0 atom stereocenters. The van der Waals surface area contributed by atoms with E-state index >= 15 is 0 Å². The maximum absolute atomic E-state index is 12.5. The van der Waals surface area contributed by atoms with Crippen molar-refractivity contribution in [1.82, 2.24) is 4.98 Å². The van der Waals surface area contributed by atoms with Gasteiger partial charge in [-0.2, -0.15) is 0 Å². The van der Waals surface area contributed by atoms with Gasteiger partial charge in [0.05, 0.1) is 7.11 Å². The van der Waals surface area contributed by atoms with Crippen molar-refractivity contribution in [2.75, 3.05) is 12.4 Å². The van der Waals surface area contributed by atoms with E-state index in [1.807, 2.05) is 67.6 Å². The zero-order chi connectivity index (χ0) is 21.6. The fraction of sp³-hybridized carbons (Fsp3) is 0.120. The molecule has 0 aliphatic rings. The quantitative estimate of drug-likeness (QED) is 0.433. The molecule has 0 saturated carbocycles. The number of carbonyl (C=O) groups excluding carboxylic acids is 1. The fourth-order valence-electron chi connectivity index (χ4n) is 3.02. The van der Waals surface area contributed by atoms with Crippen LogP contribution in [-0.4, -0.2) is 18.0 Å². The predicted octanol–water partition coefficient (Wildman–Crippen LogP) is 5.49. The average molecular weight is 414 g/mol. The number of nitrogens with one attached hydrogen (secondary N) is 1. The number of aryl methyl sites for hydroxylation is 1. The van der Waals surface area contributed by atoms with Gasteiger partial charge in [-0.3, -0.25) is 4.79 Å². The first-order valence-corrected chi connectivity index (χ1v) is 9.82. The van der Waals surface area contributed by atoms with E-state index in [1.165, 1.54) is 0 Å². The number of anilines is 1. The Labute approximate surface area is 180 Å². The van der Waals surface area contributed by atoms with E-state index in [4.69, 9.17) is 13.9 Å². The number of ether oxygens (including phenoxy) is 2. The van der Waals surface area contributed by atoms with Crippen LogP contribution >= 0.6 is 0 Å². The summed E-state index contributed by atoms with van der Waals surface area (Å²) in [4.78, 5) is 17.1. The van der Waals surface area contributed by atoms with Crippen molar-refractivity contribution in [2.24, 2.45) is 0 Å². The monoisotopic (exact) mass is 414 g/mol. The smallest absolute Gasteiger partial charge is 0.255 e. The Kier molecular flexibility index (Phi) is 5.98. The lowest BCUT2D eigenvalue weighted by Gasteiger charge is -2.07. The molecular weight excluding hydrogens is 392 g/mol. The van der Waals surface area contributed by atoms with Gasteiger partial charge >= 0.3 is 0 Å². The van der Waals surface area contributed by atoms with Gasteiger partial charge in [0.15, 0.2) is 0 Å². The molecule has 0 bridgehead atoms. The average Bonchev–Trinajstić information content (AvgIpc) is 3.19. The third kappa shape index (κ3) is 4.93. The Morgan fingerprint density at radius 3 is 2.45 bits per heavy atom. The van der Waals surface area contributed by atoms with E-state index in [-0.39, 0.29) is 5.91 Å². The number of oxazole rings is 1. The van der Waals surface area contributed by atoms with Gasteiger partial charge in [0.25, 0.3) is 5.91 Å². The van der Waals surface area contributed by atoms with Gasteiger partial charge in [-0.25, -0.2) is 4.98 Å². The Morgan fingerprint density at radius 1 is 0.968 bits per heavy atom. The van der Waals surface area contributed by atoms with E-state index in [0.717, 1.165) is 17.0 Å². The first kappa shape index (κ1) is 20.2. The van der Waals surface area contributed by atoms with Crippen LogP contribution in [0.4, 0.5) is 5.69 Å². The molecule has 0 unspecified atom stereocenters. The summed E-state index contributed by atoms with van der Waals surface area (Å²) in [6.45, 7) is 2.18. The van der Waals surface area contributed by atoms with Gasteiger partial charge in [0.2, 0.25) is 5.89 Å². The number of nitrogens with zero attached hydrogens (tertiary/aromatic N) is 1. The molecule has 4 aromatic rings. The molecule has 0 spiro atoms. The molecule has 0 fully saturated rings. The first-order chi connectivity index (χ1) is 15.1. The third-order valence-electron chi connectivity index (χ3n) is 4.73. The van der Waals surface area contributed by atoms with Crippen molar-refractivity contribution in [3.8, 4) is 23.0 Å². The molecule has 31 heavy (non-hydrogen) atoms. The summed E-state index contributed by atoms with van der Waals surface area (Å²) in [6, 6.07) is 23.9. The van der Waals surface area contributed by atoms with E-state index < -0.39 is 0 Å². The minimum Gasteiger partial charge on any atom is -0.497 e. The molecule has 0 saturated heterocycles. The van der Waals surface area contributed by atoms with E-state index in [1.54, 1.807) is 25.3 Å². The topological polar surface area (TPSA) is 73.6 Å². The lowest BCUT2D eigenvalue weighted by Crippen LogP contribution is -2.11. The second kappa shape index (κ2) is 9.17. The zero-order valence-corrected chi connectivity index (χ0v) is 17.3. The number of hydrogen-bond acceptors (Lipinski definition) is 5. The molecule has 6 heteroatoms. The van der Waals surface area contributed by atoms with E-state index in [9.17, 15) is 4.79 Å². The highest BCUT2D eigenvalue weighted by molar-refractivity contribution is 6.04. The lowest BCUT2D eigenvalue weighted by molar-refractivity contribution is 0.102. The minimum absolute atomic E-state index is 0.208. The summed E-state index contributed by atoms with van der Waals surface area (Å²) in [5.41, 5.74) is 2.72. The van der Waals surface area contributed by atoms with Crippen LogP contribution in [0.5, 0.6) is 11.5 Å². The van der Waals surface area contributed by atoms with Crippen LogP contribution in [-0.2, 0) is 6.61 Å². The van der Waals surface area contributed by atoms with E-state index in [2.05, 4.69) is 10.3 Å². The number of aromatic nitrogens is 1. The number of methoxy groups -OCH3 is 1. The summed E-state index contributed by atoms with van der Waals surface area (Å²) in [6.07, 6.45) is 0. The molecule has 4 rings (SSSR count). The maximum atomic E-state index is 12.5. The van der Waals surface area contributed by atoms with Crippen molar-refractivity contribution in [3.05, 3.63) is 95.9 Å². The predicted molar refractivity (Wildman–Crippen MR) is 118 cm³/mol. The van der Waals surface area contributed by atoms with Crippen molar-refractivity contribution < 1.29 is 18.7 Å². The summed E-state index contributed by atoms with van der Waals surface area (Å²) in [7, 11) is 1.59. The van der Waals surface area contributed by atoms with Gasteiger partial charge in [0, 0.05) is 22.9 Å².